The van der Waals surface area contributed by atoms with Crippen molar-refractivity contribution in [2.45, 2.75) is 6.61 Å². The van der Waals surface area contributed by atoms with Crippen LogP contribution in [0.1, 0.15) is 5.69 Å². The second-order valence-corrected chi connectivity index (χ2v) is 2.16. The van der Waals surface area contributed by atoms with E-state index in [1.54, 1.807) is 18.3 Å². The van der Waals surface area contributed by atoms with Gasteiger partial charge in [0.25, 0.3) is 0 Å². The zero-order valence-electron chi connectivity index (χ0n) is 6.07. The Morgan fingerprint density at radius 1 is 1.58 bits per heavy atom. The van der Waals surface area contributed by atoms with E-state index < -0.39 is 5.43 Å². The van der Waals surface area contributed by atoms with Gasteiger partial charge < -0.3 is 4.74 Å². The van der Waals surface area contributed by atoms with Crippen molar-refractivity contribution in [3.63, 3.8) is 0 Å². The zero-order chi connectivity index (χ0) is 8.10. The van der Waals surface area contributed by atoms with E-state index in [0.29, 0.717) is 5.69 Å². The lowest BCUT2D eigenvalue weighted by Gasteiger charge is -1.97. The molecule has 1 aromatic rings. The molecule has 0 aliphatic carbocycles. The lowest BCUT2D eigenvalue weighted by Crippen LogP contribution is -1.96. The van der Waals surface area contributed by atoms with Crippen LogP contribution >= 0.6 is 24.0 Å². The quantitative estimate of drug-likeness (QED) is 0.700. The van der Waals surface area contributed by atoms with Crippen molar-refractivity contribution in [2.24, 2.45) is 0 Å². The fraction of sp³-hybridized carbons (Fsp3) is 0.143. The van der Waals surface area contributed by atoms with Gasteiger partial charge in [0.05, 0.1) is 5.69 Å². The van der Waals surface area contributed by atoms with Gasteiger partial charge in [0.1, 0.15) is 6.61 Å². The molecule has 0 N–H and O–H groups in total. The molecule has 0 fully saturated rings. The summed E-state index contributed by atoms with van der Waals surface area (Å²) in [6.07, 6.45) is 1.62. The number of carbonyl (C=O) groups is 1. The molecule has 0 unspecified atom stereocenters. The fourth-order valence-corrected chi connectivity index (χ4v) is 0.669. The van der Waals surface area contributed by atoms with Crippen LogP contribution in [-0.4, -0.2) is 10.4 Å². The standard InChI is InChI=1S/C7H6ClNO2.ClH/c8-7(10)11-5-6-3-1-2-4-9-6;/h1-4H,5H2;1H. The van der Waals surface area contributed by atoms with Gasteiger partial charge >= 0.3 is 5.43 Å². The molecule has 3 nitrogen and oxygen atoms in total. The molecule has 1 aromatic heterocycles. The maximum absolute atomic E-state index is 10.1. The van der Waals surface area contributed by atoms with Crippen LogP contribution in [0.4, 0.5) is 4.79 Å². The molecule has 0 amide bonds. The molecule has 0 saturated heterocycles. The Morgan fingerprint density at radius 3 is 2.83 bits per heavy atom. The van der Waals surface area contributed by atoms with Crippen LogP contribution in [0.5, 0.6) is 0 Å². The number of ether oxygens (including phenoxy) is 1. The van der Waals surface area contributed by atoms with Gasteiger partial charge in [-0.05, 0) is 12.1 Å². The summed E-state index contributed by atoms with van der Waals surface area (Å²) >= 11 is 4.94. The molecule has 0 bridgehead atoms. The molecule has 12 heavy (non-hydrogen) atoms. The van der Waals surface area contributed by atoms with Crippen molar-refractivity contribution < 1.29 is 9.53 Å². The first kappa shape index (κ1) is 11.2. The smallest absolute Gasteiger partial charge is 0.404 e. The third-order valence-corrected chi connectivity index (χ3v) is 1.17. The number of hydrogen-bond acceptors (Lipinski definition) is 3. The molecule has 0 aliphatic heterocycles. The van der Waals surface area contributed by atoms with Crippen LogP contribution in [0.2, 0.25) is 0 Å². The van der Waals surface area contributed by atoms with E-state index in [9.17, 15) is 4.79 Å². The van der Waals surface area contributed by atoms with Gasteiger partial charge in [0.15, 0.2) is 0 Å². The summed E-state index contributed by atoms with van der Waals surface area (Å²) in [6, 6.07) is 5.34. The van der Waals surface area contributed by atoms with Crippen molar-refractivity contribution >= 4 is 29.4 Å². The Labute approximate surface area is 81.1 Å². The first-order valence-corrected chi connectivity index (χ1v) is 3.39. The lowest BCUT2D eigenvalue weighted by atomic mass is 10.4. The summed E-state index contributed by atoms with van der Waals surface area (Å²) in [5.41, 5.74) is -0.128. The average molecular weight is 208 g/mol. The Morgan fingerprint density at radius 2 is 2.33 bits per heavy atom. The van der Waals surface area contributed by atoms with Crippen molar-refractivity contribution in [1.29, 1.82) is 0 Å². The van der Waals surface area contributed by atoms with E-state index >= 15 is 0 Å². The molecular formula is C7H7Cl2NO2. The number of aromatic nitrogens is 1. The van der Waals surface area contributed by atoms with Crippen molar-refractivity contribution in [2.75, 3.05) is 0 Å². The summed E-state index contributed by atoms with van der Waals surface area (Å²) in [5.74, 6) is 0. The minimum atomic E-state index is -0.810. The molecule has 1 heterocycles. The summed E-state index contributed by atoms with van der Waals surface area (Å²) in [7, 11) is 0. The maximum atomic E-state index is 10.1. The molecule has 0 atom stereocenters. The monoisotopic (exact) mass is 207 g/mol. The number of hydrogen-bond donors (Lipinski definition) is 0. The van der Waals surface area contributed by atoms with Crippen LogP contribution in [0.3, 0.4) is 0 Å². The molecule has 0 spiro atoms. The molecule has 0 aromatic carbocycles. The predicted molar refractivity (Wildman–Crippen MR) is 47.5 cm³/mol. The Kier molecular flexibility index (Phi) is 5.41. The molecule has 0 saturated carbocycles. The largest absolute Gasteiger partial charge is 0.447 e. The topological polar surface area (TPSA) is 39.2 Å². The normalized spacial score (nSPS) is 8.42. The van der Waals surface area contributed by atoms with E-state index in [1.165, 1.54) is 0 Å². The molecular weight excluding hydrogens is 201 g/mol. The highest BCUT2D eigenvalue weighted by Gasteiger charge is 1.96. The number of pyridine rings is 1. The highest BCUT2D eigenvalue weighted by molar-refractivity contribution is 6.61. The number of rotatable bonds is 2. The molecule has 1 rings (SSSR count). The van der Waals surface area contributed by atoms with E-state index in [-0.39, 0.29) is 19.0 Å². The summed E-state index contributed by atoms with van der Waals surface area (Å²) in [6.45, 7) is 0.128. The van der Waals surface area contributed by atoms with E-state index in [1.807, 2.05) is 6.07 Å². The first-order chi connectivity index (χ1) is 5.29. The average Bonchev–Trinajstić information content (AvgIpc) is 2.03. The first-order valence-electron chi connectivity index (χ1n) is 3.01. The zero-order valence-corrected chi connectivity index (χ0v) is 7.64. The van der Waals surface area contributed by atoms with Crippen LogP contribution in [0.15, 0.2) is 24.4 Å². The third-order valence-electron chi connectivity index (χ3n) is 1.06. The number of carbonyl (C=O) groups excluding carboxylic acids is 1. The van der Waals surface area contributed by atoms with Gasteiger partial charge in [-0.1, -0.05) is 6.07 Å². The van der Waals surface area contributed by atoms with E-state index in [2.05, 4.69) is 9.72 Å². The Hall–Kier alpha value is -0.800. The summed E-state index contributed by atoms with van der Waals surface area (Å²) in [5, 5.41) is 0. The Balaban J connectivity index is 0.00000121. The number of nitrogens with zero attached hydrogens (tertiary/aromatic N) is 1. The van der Waals surface area contributed by atoms with Crippen LogP contribution < -0.4 is 0 Å². The third kappa shape index (κ3) is 4.16. The van der Waals surface area contributed by atoms with Gasteiger partial charge in [-0.25, -0.2) is 4.79 Å². The van der Waals surface area contributed by atoms with Crippen molar-refractivity contribution in [3.05, 3.63) is 30.1 Å². The predicted octanol–water partition coefficient (Wildman–Crippen LogP) is 2.38. The second-order valence-electron chi connectivity index (χ2n) is 1.85. The van der Waals surface area contributed by atoms with Gasteiger partial charge in [-0.2, -0.15) is 0 Å². The van der Waals surface area contributed by atoms with Gasteiger partial charge in [0, 0.05) is 17.8 Å². The van der Waals surface area contributed by atoms with E-state index in [0.717, 1.165) is 0 Å². The summed E-state index contributed by atoms with van der Waals surface area (Å²) in [4.78, 5) is 14.0. The highest BCUT2D eigenvalue weighted by Crippen LogP contribution is 1.97. The van der Waals surface area contributed by atoms with Crippen LogP contribution in [0.25, 0.3) is 0 Å². The van der Waals surface area contributed by atoms with Crippen LogP contribution in [0, 0.1) is 0 Å². The molecule has 5 heteroatoms. The lowest BCUT2D eigenvalue weighted by molar-refractivity contribution is 0.165. The fourth-order valence-electron chi connectivity index (χ4n) is 0.614. The van der Waals surface area contributed by atoms with Crippen molar-refractivity contribution in [1.82, 2.24) is 4.98 Å². The van der Waals surface area contributed by atoms with Crippen LogP contribution in [-0.2, 0) is 11.3 Å². The molecule has 66 valence electrons. The second kappa shape index (κ2) is 5.80. The minimum Gasteiger partial charge on any atom is -0.447 e. The maximum Gasteiger partial charge on any atom is 0.404 e. The van der Waals surface area contributed by atoms with Gasteiger partial charge in [-0.15, -0.1) is 12.4 Å². The van der Waals surface area contributed by atoms with Gasteiger partial charge in [-0.3, -0.25) is 4.98 Å². The summed E-state index contributed by atoms with van der Waals surface area (Å²) < 4.78 is 4.49. The Bertz CT molecular complexity index is 240. The minimum absolute atomic E-state index is 0. The molecule has 0 aliphatic rings. The van der Waals surface area contributed by atoms with Crippen molar-refractivity contribution in [3.8, 4) is 0 Å². The highest BCUT2D eigenvalue weighted by atomic mass is 35.5. The number of halogens is 2. The van der Waals surface area contributed by atoms with Gasteiger partial charge in [0.2, 0.25) is 0 Å². The van der Waals surface area contributed by atoms with E-state index in [4.69, 9.17) is 11.6 Å². The molecule has 0 radical (unpaired) electrons. The SMILES string of the molecule is Cl.O=C(Cl)OCc1ccccn1.